The molecule has 204 valence electrons. The molecule has 0 aliphatic carbocycles. The van der Waals surface area contributed by atoms with E-state index in [1.807, 2.05) is 13.0 Å². The second kappa shape index (κ2) is 13.9. The van der Waals surface area contributed by atoms with E-state index in [0.29, 0.717) is 12.3 Å². The van der Waals surface area contributed by atoms with Crippen molar-refractivity contribution in [3.8, 4) is 5.75 Å². The van der Waals surface area contributed by atoms with Crippen molar-refractivity contribution in [3.05, 3.63) is 59.7 Å². The van der Waals surface area contributed by atoms with Crippen molar-refractivity contribution in [2.45, 2.75) is 52.1 Å². The quantitative estimate of drug-likeness (QED) is 0.368. The van der Waals surface area contributed by atoms with Gasteiger partial charge in [-0.05, 0) is 49.6 Å². The fraction of sp³-hybridized carbons (Fsp3) is 0.462. The lowest BCUT2D eigenvalue weighted by atomic mass is 10.1. The molecule has 2 rings (SSSR count). The number of amides is 2. The van der Waals surface area contributed by atoms with Crippen LogP contribution in [0.1, 0.15) is 45.1 Å². The Balaban J connectivity index is 2.18. The maximum absolute atomic E-state index is 13.7. The molecular weight excluding hydrogens is 504 g/mol. The van der Waals surface area contributed by atoms with Crippen LogP contribution >= 0.6 is 0 Å². The number of rotatable bonds is 14. The van der Waals surface area contributed by atoms with E-state index in [2.05, 4.69) is 5.32 Å². The normalized spacial score (nSPS) is 12.1. The SMILES string of the molecule is CCCCNC(=O)C(C)N(Cc1cccc(OC)c1)C(=O)CCCN(c1ccc(F)c(F)c1)S(C)(=O)=O. The van der Waals surface area contributed by atoms with Gasteiger partial charge in [-0.25, -0.2) is 17.2 Å². The number of nitrogens with one attached hydrogen (secondary N) is 1. The van der Waals surface area contributed by atoms with Crippen molar-refractivity contribution in [1.82, 2.24) is 10.2 Å². The lowest BCUT2D eigenvalue weighted by Gasteiger charge is -2.29. The van der Waals surface area contributed by atoms with Gasteiger partial charge >= 0.3 is 0 Å². The Labute approximate surface area is 217 Å². The molecule has 2 amide bonds. The van der Waals surface area contributed by atoms with Crippen LogP contribution in [0.5, 0.6) is 5.75 Å². The van der Waals surface area contributed by atoms with E-state index in [4.69, 9.17) is 4.74 Å². The monoisotopic (exact) mass is 539 g/mol. The zero-order valence-electron chi connectivity index (χ0n) is 21.7. The largest absolute Gasteiger partial charge is 0.497 e. The number of carbonyl (C=O) groups excluding carboxylic acids is 2. The lowest BCUT2D eigenvalue weighted by molar-refractivity contribution is -0.140. The Morgan fingerprint density at radius 3 is 2.43 bits per heavy atom. The molecule has 0 aliphatic heterocycles. The van der Waals surface area contributed by atoms with Gasteiger partial charge in [0.05, 0.1) is 19.1 Å². The zero-order chi connectivity index (χ0) is 27.6. The number of benzene rings is 2. The van der Waals surface area contributed by atoms with Gasteiger partial charge < -0.3 is 15.0 Å². The van der Waals surface area contributed by atoms with E-state index in [9.17, 15) is 26.8 Å². The van der Waals surface area contributed by atoms with Gasteiger partial charge in [-0.15, -0.1) is 0 Å². The fourth-order valence-electron chi connectivity index (χ4n) is 3.73. The highest BCUT2D eigenvalue weighted by atomic mass is 32.2. The minimum absolute atomic E-state index is 0.0363. The third kappa shape index (κ3) is 8.99. The summed E-state index contributed by atoms with van der Waals surface area (Å²) < 4.78 is 57.9. The first-order valence-electron chi connectivity index (χ1n) is 12.1. The molecule has 1 unspecified atom stereocenters. The van der Waals surface area contributed by atoms with Crippen LogP contribution in [0, 0.1) is 11.6 Å². The number of nitrogens with zero attached hydrogens (tertiary/aromatic N) is 2. The van der Waals surface area contributed by atoms with E-state index in [1.165, 1.54) is 18.1 Å². The van der Waals surface area contributed by atoms with Crippen molar-refractivity contribution in [2.24, 2.45) is 0 Å². The minimum atomic E-state index is -3.82. The molecule has 11 heteroatoms. The Hall–Kier alpha value is -3.21. The van der Waals surface area contributed by atoms with Crippen LogP contribution in [0.15, 0.2) is 42.5 Å². The first-order chi connectivity index (χ1) is 17.5. The van der Waals surface area contributed by atoms with Crippen molar-refractivity contribution >= 4 is 27.5 Å². The summed E-state index contributed by atoms with van der Waals surface area (Å²) in [7, 11) is -2.29. The summed E-state index contributed by atoms with van der Waals surface area (Å²) in [5, 5.41) is 2.84. The first kappa shape index (κ1) is 30.0. The van der Waals surface area contributed by atoms with Gasteiger partial charge in [0.1, 0.15) is 11.8 Å². The van der Waals surface area contributed by atoms with E-state index < -0.39 is 27.7 Å². The molecule has 0 saturated heterocycles. The van der Waals surface area contributed by atoms with E-state index >= 15 is 0 Å². The molecule has 0 spiro atoms. The minimum Gasteiger partial charge on any atom is -0.497 e. The van der Waals surface area contributed by atoms with Gasteiger partial charge in [-0.3, -0.25) is 13.9 Å². The van der Waals surface area contributed by atoms with Crippen LogP contribution in [0.3, 0.4) is 0 Å². The highest BCUT2D eigenvalue weighted by molar-refractivity contribution is 7.92. The van der Waals surface area contributed by atoms with Gasteiger partial charge in [0, 0.05) is 32.1 Å². The molecule has 0 radical (unpaired) electrons. The number of anilines is 1. The number of unbranched alkanes of at least 4 members (excludes halogenated alkanes) is 1. The fourth-order valence-corrected chi connectivity index (χ4v) is 4.69. The van der Waals surface area contributed by atoms with Gasteiger partial charge in [0.25, 0.3) is 0 Å². The Morgan fingerprint density at radius 2 is 1.81 bits per heavy atom. The van der Waals surface area contributed by atoms with Crippen molar-refractivity contribution in [1.29, 1.82) is 0 Å². The summed E-state index contributed by atoms with van der Waals surface area (Å²) in [6.45, 7) is 4.17. The molecule has 0 heterocycles. The average molecular weight is 540 g/mol. The van der Waals surface area contributed by atoms with E-state index in [0.717, 1.165) is 41.1 Å². The molecular formula is C26H35F2N3O5S. The average Bonchev–Trinajstić information content (AvgIpc) is 2.85. The second-order valence-corrected chi connectivity index (χ2v) is 10.6. The molecule has 37 heavy (non-hydrogen) atoms. The lowest BCUT2D eigenvalue weighted by Crippen LogP contribution is -2.48. The highest BCUT2D eigenvalue weighted by Gasteiger charge is 2.27. The van der Waals surface area contributed by atoms with Gasteiger partial charge in [0.2, 0.25) is 21.8 Å². The summed E-state index contributed by atoms with van der Waals surface area (Å²) in [5.74, 6) is -2.29. The van der Waals surface area contributed by atoms with Crippen LogP contribution in [-0.2, 0) is 26.2 Å². The summed E-state index contributed by atoms with van der Waals surface area (Å²) >= 11 is 0. The second-order valence-electron chi connectivity index (χ2n) is 8.73. The van der Waals surface area contributed by atoms with Gasteiger partial charge in [0.15, 0.2) is 11.6 Å². The Morgan fingerprint density at radius 1 is 1.08 bits per heavy atom. The third-order valence-electron chi connectivity index (χ3n) is 5.83. The molecule has 8 nitrogen and oxygen atoms in total. The summed E-state index contributed by atoms with van der Waals surface area (Å²) in [6.07, 6.45) is 2.72. The molecule has 0 saturated carbocycles. The molecule has 2 aromatic rings. The summed E-state index contributed by atoms with van der Waals surface area (Å²) in [6, 6.07) is 9.20. The number of sulfonamides is 1. The van der Waals surface area contributed by atoms with Crippen molar-refractivity contribution < 1.29 is 31.5 Å². The molecule has 1 atom stereocenters. The Kier molecular flexibility index (Phi) is 11.3. The maximum Gasteiger partial charge on any atom is 0.242 e. The molecule has 0 fully saturated rings. The Bertz CT molecular complexity index is 1180. The summed E-state index contributed by atoms with van der Waals surface area (Å²) in [4.78, 5) is 27.5. The predicted octanol–water partition coefficient (Wildman–Crippen LogP) is 3.85. The van der Waals surface area contributed by atoms with Crippen molar-refractivity contribution in [3.63, 3.8) is 0 Å². The molecule has 0 aliphatic rings. The standard InChI is InChI=1S/C26H35F2N3O5S/c1-5-6-14-29-26(33)19(2)30(18-20-9-7-10-22(16-20)36-3)25(32)11-8-15-31(37(4,34)35)21-12-13-23(27)24(28)17-21/h7,9-10,12-13,16-17,19H,5-6,8,11,14-15,18H2,1-4H3,(H,29,33). The van der Waals surface area contributed by atoms with Crippen molar-refractivity contribution in [2.75, 3.05) is 30.8 Å². The first-order valence-corrected chi connectivity index (χ1v) is 14.0. The molecule has 2 aromatic carbocycles. The molecule has 1 N–H and O–H groups in total. The van der Waals surface area contributed by atoms with Gasteiger partial charge in [-0.2, -0.15) is 0 Å². The molecule has 0 bridgehead atoms. The van der Waals surface area contributed by atoms with Crippen LogP contribution in [0.2, 0.25) is 0 Å². The number of carbonyl (C=O) groups is 2. The number of halogens is 2. The number of methoxy groups -OCH3 is 1. The maximum atomic E-state index is 13.7. The third-order valence-corrected chi connectivity index (χ3v) is 7.02. The van der Waals surface area contributed by atoms with Crippen LogP contribution < -0.4 is 14.4 Å². The summed E-state index contributed by atoms with van der Waals surface area (Å²) in [5.41, 5.74) is 0.728. The number of ether oxygens (including phenoxy) is 1. The van der Waals surface area contributed by atoms with Crippen LogP contribution in [-0.4, -0.2) is 57.6 Å². The highest BCUT2D eigenvalue weighted by Crippen LogP contribution is 2.22. The molecule has 0 aromatic heterocycles. The van der Waals surface area contributed by atoms with E-state index in [1.54, 1.807) is 25.1 Å². The zero-order valence-corrected chi connectivity index (χ0v) is 22.5. The van der Waals surface area contributed by atoms with Crippen LogP contribution in [0.25, 0.3) is 0 Å². The number of hydrogen-bond donors (Lipinski definition) is 1. The smallest absolute Gasteiger partial charge is 0.242 e. The number of hydrogen-bond acceptors (Lipinski definition) is 5. The van der Waals surface area contributed by atoms with E-state index in [-0.39, 0.29) is 43.4 Å². The topological polar surface area (TPSA) is 96.0 Å². The van der Waals surface area contributed by atoms with Gasteiger partial charge in [-0.1, -0.05) is 25.5 Å². The van der Waals surface area contributed by atoms with Crippen LogP contribution in [0.4, 0.5) is 14.5 Å². The predicted molar refractivity (Wildman–Crippen MR) is 139 cm³/mol.